The van der Waals surface area contributed by atoms with Gasteiger partial charge in [-0.15, -0.1) is 0 Å². The predicted molar refractivity (Wildman–Crippen MR) is 89.8 cm³/mol. The third kappa shape index (κ3) is 2.79. The average molecular weight is 325 g/mol. The lowest BCUT2D eigenvalue weighted by atomic mass is 9.99. The Labute approximate surface area is 140 Å². The molecule has 6 heteroatoms. The van der Waals surface area contributed by atoms with Crippen LogP contribution in [0.25, 0.3) is 0 Å². The van der Waals surface area contributed by atoms with Gasteiger partial charge in [-0.2, -0.15) is 10.2 Å². The number of H-pyrrole nitrogens is 1. The zero-order valence-corrected chi connectivity index (χ0v) is 13.8. The summed E-state index contributed by atoms with van der Waals surface area (Å²) in [6, 6.07) is 3.59. The molecule has 2 aromatic rings. The van der Waals surface area contributed by atoms with Crippen molar-refractivity contribution in [1.29, 1.82) is 0 Å². The van der Waals surface area contributed by atoms with Gasteiger partial charge in [0.25, 0.3) is 5.56 Å². The first-order chi connectivity index (χ1) is 11.8. The van der Waals surface area contributed by atoms with Crippen LogP contribution in [0.2, 0.25) is 0 Å². The van der Waals surface area contributed by atoms with Gasteiger partial charge in [-0.3, -0.25) is 14.8 Å². The summed E-state index contributed by atoms with van der Waals surface area (Å²) in [6.07, 6.45) is 7.01. The molecular weight excluding hydrogens is 302 g/mol. The largest absolute Gasteiger partial charge is 0.298 e. The van der Waals surface area contributed by atoms with Crippen molar-refractivity contribution in [1.82, 2.24) is 24.9 Å². The van der Waals surface area contributed by atoms with Gasteiger partial charge in [0, 0.05) is 54.7 Å². The van der Waals surface area contributed by atoms with E-state index in [9.17, 15) is 4.79 Å². The molecule has 1 N–H and O–H groups in total. The number of aromatic nitrogens is 4. The molecule has 0 atom stereocenters. The van der Waals surface area contributed by atoms with E-state index in [-0.39, 0.29) is 5.56 Å². The number of hydrogen-bond acceptors (Lipinski definition) is 4. The van der Waals surface area contributed by atoms with Crippen LogP contribution in [0.1, 0.15) is 54.5 Å². The van der Waals surface area contributed by atoms with Gasteiger partial charge in [0.15, 0.2) is 0 Å². The summed E-state index contributed by atoms with van der Waals surface area (Å²) in [7, 11) is 0. The van der Waals surface area contributed by atoms with Crippen LogP contribution < -0.4 is 5.56 Å². The van der Waals surface area contributed by atoms with Gasteiger partial charge in [-0.25, -0.2) is 4.68 Å². The molecule has 3 heterocycles. The highest BCUT2D eigenvalue weighted by atomic mass is 16.1. The minimum atomic E-state index is 0.0312. The Bertz CT molecular complexity index is 796. The van der Waals surface area contributed by atoms with Crippen LogP contribution in [-0.2, 0) is 13.1 Å². The van der Waals surface area contributed by atoms with E-state index in [1.165, 1.54) is 36.9 Å². The summed E-state index contributed by atoms with van der Waals surface area (Å²) < 4.78 is 1.68. The summed E-state index contributed by atoms with van der Waals surface area (Å²) in [6.45, 7) is 3.80. The number of rotatable bonds is 6. The highest BCUT2D eigenvalue weighted by molar-refractivity contribution is 5.24. The maximum atomic E-state index is 12.0. The van der Waals surface area contributed by atoms with Crippen molar-refractivity contribution < 1.29 is 0 Å². The molecule has 2 saturated carbocycles. The Morgan fingerprint density at radius 2 is 1.92 bits per heavy atom. The fourth-order valence-electron chi connectivity index (χ4n) is 3.77. The third-order valence-electron chi connectivity index (χ3n) is 5.48. The van der Waals surface area contributed by atoms with Crippen molar-refractivity contribution in [3.63, 3.8) is 0 Å². The van der Waals surface area contributed by atoms with Gasteiger partial charge in [-0.05, 0) is 31.7 Å². The van der Waals surface area contributed by atoms with Crippen molar-refractivity contribution in [2.24, 2.45) is 5.92 Å². The highest BCUT2D eigenvalue weighted by Gasteiger charge is 2.32. The molecule has 0 unspecified atom stereocenters. The fraction of sp³-hybridized carbons (Fsp3) is 0.611. The SMILES string of the molecule is O=c1ccc(C2CC2)nn1CC1CN(Cc2cn[nH]c2C2CC2)C1. The second-order valence-electron chi connectivity index (χ2n) is 7.70. The van der Waals surface area contributed by atoms with E-state index in [2.05, 4.69) is 20.2 Å². The van der Waals surface area contributed by atoms with Crippen LogP contribution in [0.15, 0.2) is 23.1 Å². The summed E-state index contributed by atoms with van der Waals surface area (Å²) in [5.74, 6) is 1.84. The lowest BCUT2D eigenvalue weighted by molar-refractivity contribution is 0.0762. The number of hydrogen-bond donors (Lipinski definition) is 1. The van der Waals surface area contributed by atoms with Gasteiger partial charge in [0.2, 0.25) is 0 Å². The molecule has 6 nitrogen and oxygen atoms in total. The number of nitrogens with one attached hydrogen (secondary N) is 1. The lowest BCUT2D eigenvalue weighted by Gasteiger charge is -2.39. The van der Waals surface area contributed by atoms with Gasteiger partial charge < -0.3 is 0 Å². The van der Waals surface area contributed by atoms with Gasteiger partial charge in [0.1, 0.15) is 0 Å². The molecule has 0 spiro atoms. The maximum Gasteiger partial charge on any atom is 0.266 e. The topological polar surface area (TPSA) is 66.8 Å². The Hall–Kier alpha value is -1.95. The van der Waals surface area contributed by atoms with E-state index >= 15 is 0 Å². The van der Waals surface area contributed by atoms with Gasteiger partial charge in [0.05, 0.1) is 18.4 Å². The predicted octanol–water partition coefficient (Wildman–Crippen LogP) is 1.85. The van der Waals surface area contributed by atoms with E-state index in [0.717, 1.165) is 31.9 Å². The molecule has 0 aromatic carbocycles. The lowest BCUT2D eigenvalue weighted by Crippen LogP contribution is -2.49. The summed E-state index contributed by atoms with van der Waals surface area (Å²) >= 11 is 0. The van der Waals surface area contributed by atoms with Crippen LogP contribution in [0.4, 0.5) is 0 Å². The van der Waals surface area contributed by atoms with Crippen molar-refractivity contribution in [2.45, 2.75) is 50.6 Å². The van der Waals surface area contributed by atoms with Crippen LogP contribution in [-0.4, -0.2) is 38.0 Å². The second-order valence-corrected chi connectivity index (χ2v) is 7.70. The minimum Gasteiger partial charge on any atom is -0.298 e. The molecule has 0 bridgehead atoms. The molecule has 3 fully saturated rings. The molecule has 3 aliphatic rings. The summed E-state index contributed by atoms with van der Waals surface area (Å²) in [5.41, 5.74) is 3.82. The Kier molecular flexibility index (Phi) is 3.33. The van der Waals surface area contributed by atoms with E-state index in [1.807, 2.05) is 12.3 Å². The Morgan fingerprint density at radius 1 is 1.12 bits per heavy atom. The van der Waals surface area contributed by atoms with E-state index in [4.69, 9.17) is 0 Å². The molecular formula is C18H23N5O. The maximum absolute atomic E-state index is 12.0. The van der Waals surface area contributed by atoms with Crippen LogP contribution in [0.5, 0.6) is 0 Å². The zero-order chi connectivity index (χ0) is 16.1. The van der Waals surface area contributed by atoms with Gasteiger partial charge in [-0.1, -0.05) is 0 Å². The fourth-order valence-corrected chi connectivity index (χ4v) is 3.77. The molecule has 1 aliphatic heterocycles. The standard InChI is InChI=1S/C18H23N5O/c24-17-6-5-16(13-1-2-13)21-23(17)10-12-8-22(9-12)11-15-7-19-20-18(15)14-3-4-14/h5-7,12-14H,1-4,8-11H2,(H,19,20). The molecule has 126 valence electrons. The highest BCUT2D eigenvalue weighted by Crippen LogP contribution is 2.41. The van der Waals surface area contributed by atoms with Crippen molar-refractivity contribution in [2.75, 3.05) is 13.1 Å². The molecule has 24 heavy (non-hydrogen) atoms. The second kappa shape index (κ2) is 5.55. The quantitative estimate of drug-likeness (QED) is 0.880. The van der Waals surface area contributed by atoms with Crippen molar-refractivity contribution in [3.05, 3.63) is 45.6 Å². The third-order valence-corrected chi connectivity index (χ3v) is 5.48. The van der Waals surface area contributed by atoms with E-state index in [0.29, 0.717) is 17.8 Å². The zero-order valence-electron chi connectivity index (χ0n) is 13.8. The Morgan fingerprint density at radius 3 is 2.67 bits per heavy atom. The molecule has 2 aromatic heterocycles. The monoisotopic (exact) mass is 325 g/mol. The molecule has 0 amide bonds. The molecule has 0 radical (unpaired) electrons. The average Bonchev–Trinajstić information content (AvgIpc) is 3.46. The first kappa shape index (κ1) is 14.4. The van der Waals surface area contributed by atoms with Crippen LogP contribution in [0.3, 0.4) is 0 Å². The van der Waals surface area contributed by atoms with Crippen molar-refractivity contribution >= 4 is 0 Å². The normalized spacial score (nSPS) is 21.8. The number of likely N-dealkylation sites (tertiary alicyclic amines) is 1. The van der Waals surface area contributed by atoms with Crippen LogP contribution >= 0.6 is 0 Å². The smallest absolute Gasteiger partial charge is 0.266 e. The minimum absolute atomic E-state index is 0.0312. The number of aromatic amines is 1. The summed E-state index contributed by atoms with van der Waals surface area (Å²) in [4.78, 5) is 14.5. The Balaban J connectivity index is 1.19. The summed E-state index contributed by atoms with van der Waals surface area (Å²) in [5, 5.41) is 12.0. The van der Waals surface area contributed by atoms with Crippen molar-refractivity contribution in [3.8, 4) is 0 Å². The molecule has 1 saturated heterocycles. The van der Waals surface area contributed by atoms with E-state index in [1.54, 1.807) is 10.7 Å². The number of nitrogens with zero attached hydrogens (tertiary/aromatic N) is 4. The van der Waals surface area contributed by atoms with Crippen LogP contribution in [0, 0.1) is 5.92 Å². The first-order valence-corrected chi connectivity index (χ1v) is 9.09. The van der Waals surface area contributed by atoms with Gasteiger partial charge >= 0.3 is 0 Å². The first-order valence-electron chi connectivity index (χ1n) is 9.09. The molecule has 2 aliphatic carbocycles. The van der Waals surface area contributed by atoms with E-state index < -0.39 is 0 Å². The molecule has 5 rings (SSSR count).